The van der Waals surface area contributed by atoms with Crippen LogP contribution in [0.5, 0.6) is 0 Å². The second-order valence-corrected chi connectivity index (χ2v) is 7.51. The number of carbonyl (C=O) groups is 2. The fourth-order valence-electron chi connectivity index (χ4n) is 2.53. The molecule has 0 aliphatic carbocycles. The van der Waals surface area contributed by atoms with Crippen LogP contribution in [-0.2, 0) is 14.6 Å². The monoisotopic (exact) mass is 295 g/mol. The Hall–Kier alpha value is -1.69. The topological polar surface area (TPSA) is 71.5 Å². The summed E-state index contributed by atoms with van der Waals surface area (Å²) < 4.78 is 22.3. The number of amides is 1. The Morgan fingerprint density at radius 2 is 1.80 bits per heavy atom. The largest absolute Gasteiger partial charge is 0.304 e. The Bertz CT molecular complexity index is 691. The molecule has 0 saturated carbocycles. The van der Waals surface area contributed by atoms with E-state index in [1.165, 1.54) is 4.90 Å². The zero-order valence-corrected chi connectivity index (χ0v) is 12.6. The highest BCUT2D eigenvalue weighted by Gasteiger charge is 2.36. The Labute approximate surface area is 118 Å². The molecule has 0 spiro atoms. The molecule has 0 unspecified atom stereocenters. The number of carbonyl (C=O) groups excluding carboxylic acids is 2. The van der Waals surface area contributed by atoms with Crippen molar-refractivity contribution in [3.8, 4) is 0 Å². The van der Waals surface area contributed by atoms with E-state index in [4.69, 9.17) is 0 Å². The van der Waals surface area contributed by atoms with E-state index in [0.29, 0.717) is 17.7 Å². The van der Waals surface area contributed by atoms with Gasteiger partial charge in [-0.05, 0) is 37.5 Å². The van der Waals surface area contributed by atoms with E-state index in [-0.39, 0.29) is 12.3 Å². The number of rotatable bonds is 4. The molecular formula is C14H17NO4S. The van der Waals surface area contributed by atoms with Gasteiger partial charge in [0.2, 0.25) is 0 Å². The van der Waals surface area contributed by atoms with Crippen LogP contribution < -0.4 is 4.90 Å². The molecule has 1 aliphatic rings. The van der Waals surface area contributed by atoms with Gasteiger partial charge in [0, 0.05) is 12.8 Å². The average molecular weight is 295 g/mol. The first kappa shape index (κ1) is 14.7. The first-order valence-corrected chi connectivity index (χ1v) is 8.42. The Morgan fingerprint density at radius 1 is 1.15 bits per heavy atom. The van der Waals surface area contributed by atoms with Crippen molar-refractivity contribution in [3.05, 3.63) is 28.8 Å². The highest BCUT2D eigenvalue weighted by atomic mass is 32.2. The number of nitrogens with zero attached hydrogens (tertiary/aromatic N) is 1. The molecule has 1 aliphatic heterocycles. The van der Waals surface area contributed by atoms with Gasteiger partial charge in [0.05, 0.1) is 17.0 Å². The second kappa shape index (κ2) is 5.01. The van der Waals surface area contributed by atoms with Crippen molar-refractivity contribution in [1.82, 2.24) is 0 Å². The lowest BCUT2D eigenvalue weighted by Gasteiger charge is -2.18. The van der Waals surface area contributed by atoms with Crippen molar-refractivity contribution in [2.24, 2.45) is 0 Å². The molecule has 0 atom stereocenters. The average Bonchev–Trinajstić information content (AvgIpc) is 2.53. The number of hydrogen-bond acceptors (Lipinski definition) is 4. The van der Waals surface area contributed by atoms with Crippen molar-refractivity contribution in [1.29, 1.82) is 0 Å². The van der Waals surface area contributed by atoms with Crippen LogP contribution in [0.3, 0.4) is 0 Å². The smallest absolute Gasteiger partial charge is 0.299 e. The van der Waals surface area contributed by atoms with E-state index >= 15 is 0 Å². The minimum atomic E-state index is -3.06. The number of fused-ring (bicyclic) bond motifs is 1. The lowest BCUT2D eigenvalue weighted by atomic mass is 10.0. The van der Waals surface area contributed by atoms with Gasteiger partial charge in [-0.3, -0.25) is 9.59 Å². The molecule has 1 heterocycles. The summed E-state index contributed by atoms with van der Waals surface area (Å²) in [5.74, 6) is -1.07. The molecule has 2 rings (SSSR count). The highest BCUT2D eigenvalue weighted by Crippen LogP contribution is 2.33. The maximum atomic E-state index is 12.0. The molecule has 5 nitrogen and oxygen atoms in total. The molecule has 0 saturated heterocycles. The zero-order valence-electron chi connectivity index (χ0n) is 11.8. The van der Waals surface area contributed by atoms with Crippen molar-refractivity contribution < 1.29 is 18.0 Å². The molecule has 0 radical (unpaired) electrons. The van der Waals surface area contributed by atoms with Crippen LogP contribution in [-0.4, -0.2) is 38.7 Å². The number of aryl methyl sites for hydroxylation is 2. The maximum absolute atomic E-state index is 12.0. The summed E-state index contributed by atoms with van der Waals surface area (Å²) in [6.45, 7) is 3.97. The molecule has 20 heavy (non-hydrogen) atoms. The molecule has 1 amide bonds. The predicted molar refractivity (Wildman–Crippen MR) is 76.9 cm³/mol. The first-order valence-electron chi connectivity index (χ1n) is 6.36. The van der Waals surface area contributed by atoms with Gasteiger partial charge in [0.25, 0.3) is 11.7 Å². The van der Waals surface area contributed by atoms with Crippen LogP contribution in [0.2, 0.25) is 0 Å². The third kappa shape index (κ3) is 2.75. The molecule has 0 N–H and O–H groups in total. The summed E-state index contributed by atoms with van der Waals surface area (Å²) in [6.07, 6.45) is 1.48. The molecule has 1 aromatic carbocycles. The lowest BCUT2D eigenvalue weighted by molar-refractivity contribution is -0.114. The first-order chi connectivity index (χ1) is 9.20. The van der Waals surface area contributed by atoms with Gasteiger partial charge in [-0.2, -0.15) is 0 Å². The van der Waals surface area contributed by atoms with E-state index in [1.807, 2.05) is 19.9 Å². The van der Waals surface area contributed by atoms with Gasteiger partial charge < -0.3 is 4.90 Å². The fraction of sp³-hybridized carbons (Fsp3) is 0.429. The fourth-order valence-corrected chi connectivity index (χ4v) is 3.18. The quantitative estimate of drug-likeness (QED) is 0.784. The zero-order chi connectivity index (χ0) is 15.1. The summed E-state index contributed by atoms with van der Waals surface area (Å²) in [5.41, 5.74) is 2.84. The molecule has 0 bridgehead atoms. The van der Waals surface area contributed by atoms with Gasteiger partial charge in [-0.25, -0.2) is 8.42 Å². The second-order valence-electron chi connectivity index (χ2n) is 5.25. The number of Topliss-reactive ketones (excluding diaryl/α,β-unsaturated/α-hetero) is 1. The van der Waals surface area contributed by atoms with E-state index in [2.05, 4.69) is 0 Å². The molecule has 0 aromatic heterocycles. The van der Waals surface area contributed by atoms with Gasteiger partial charge in [0.15, 0.2) is 0 Å². The van der Waals surface area contributed by atoms with E-state index in [1.54, 1.807) is 6.07 Å². The lowest BCUT2D eigenvalue weighted by Crippen LogP contribution is -2.31. The predicted octanol–water partition coefficient (Wildman–Crippen LogP) is 1.27. The summed E-state index contributed by atoms with van der Waals surface area (Å²) in [6, 6.07) is 3.62. The number of ketones is 1. The molecule has 6 heteroatoms. The molecule has 1 aromatic rings. The molecule has 0 fully saturated rings. The number of hydrogen-bond donors (Lipinski definition) is 0. The highest BCUT2D eigenvalue weighted by molar-refractivity contribution is 7.90. The number of anilines is 1. The van der Waals surface area contributed by atoms with Crippen molar-refractivity contribution in [3.63, 3.8) is 0 Å². The van der Waals surface area contributed by atoms with Gasteiger partial charge in [0.1, 0.15) is 9.84 Å². The maximum Gasteiger partial charge on any atom is 0.299 e. The van der Waals surface area contributed by atoms with Gasteiger partial charge >= 0.3 is 0 Å². The van der Waals surface area contributed by atoms with Crippen molar-refractivity contribution >= 4 is 27.2 Å². The minimum Gasteiger partial charge on any atom is -0.304 e. The van der Waals surface area contributed by atoms with Crippen molar-refractivity contribution in [2.45, 2.75) is 20.3 Å². The summed E-state index contributed by atoms with van der Waals surface area (Å²) in [4.78, 5) is 25.4. The van der Waals surface area contributed by atoms with Crippen molar-refractivity contribution in [2.75, 3.05) is 23.5 Å². The number of benzene rings is 1. The summed E-state index contributed by atoms with van der Waals surface area (Å²) >= 11 is 0. The molecule has 108 valence electrons. The van der Waals surface area contributed by atoms with Gasteiger partial charge in [-0.15, -0.1) is 0 Å². The van der Waals surface area contributed by atoms with E-state index < -0.39 is 21.5 Å². The van der Waals surface area contributed by atoms with Crippen LogP contribution in [0.15, 0.2) is 12.1 Å². The van der Waals surface area contributed by atoms with Crippen LogP contribution in [0, 0.1) is 13.8 Å². The summed E-state index contributed by atoms with van der Waals surface area (Å²) in [5, 5.41) is 0. The van der Waals surface area contributed by atoms with Gasteiger partial charge in [-0.1, -0.05) is 6.07 Å². The Balaban J connectivity index is 2.29. The van der Waals surface area contributed by atoms with Crippen LogP contribution >= 0.6 is 0 Å². The third-order valence-corrected chi connectivity index (χ3v) is 4.33. The van der Waals surface area contributed by atoms with E-state index in [0.717, 1.165) is 17.4 Å². The van der Waals surface area contributed by atoms with E-state index in [9.17, 15) is 18.0 Å². The Morgan fingerprint density at radius 3 is 2.40 bits per heavy atom. The normalized spacial score (nSPS) is 14.8. The van der Waals surface area contributed by atoms with Crippen LogP contribution in [0.25, 0.3) is 0 Å². The van der Waals surface area contributed by atoms with Crippen LogP contribution in [0.4, 0.5) is 5.69 Å². The SMILES string of the molecule is Cc1cc(C)c2c(c1)C(=O)C(=O)N2CCCS(C)(=O)=O. The molecular weight excluding hydrogens is 278 g/mol. The Kier molecular flexibility index (Phi) is 3.69. The minimum absolute atomic E-state index is 0.00517. The number of sulfone groups is 1. The summed E-state index contributed by atoms with van der Waals surface area (Å²) in [7, 11) is -3.06. The van der Waals surface area contributed by atoms with Crippen LogP contribution in [0.1, 0.15) is 27.9 Å². The standard InChI is InChI=1S/C14H17NO4S/c1-9-7-10(2)12-11(8-9)13(16)14(17)15(12)5-4-6-20(3,18)19/h7-8H,4-6H2,1-3H3. The third-order valence-electron chi connectivity index (χ3n) is 3.30.